The van der Waals surface area contributed by atoms with Gasteiger partial charge in [-0.15, -0.1) is 0 Å². The van der Waals surface area contributed by atoms with Crippen LogP contribution in [-0.2, 0) is 19.1 Å². The highest BCUT2D eigenvalue weighted by molar-refractivity contribution is 6.35. The number of Topliss-reactive ketones (excluding diaryl/α,β-unsaturated/α-hetero) is 1. The molecule has 1 aromatic carbocycles. The topological polar surface area (TPSA) is 97.6 Å². The molecule has 1 heterocycles. The Labute approximate surface area is 145 Å². The molecule has 0 radical (unpaired) electrons. The Bertz CT molecular complexity index is 687. The molecule has 2 atom stereocenters. The van der Waals surface area contributed by atoms with E-state index in [0.717, 1.165) is 11.2 Å². The van der Waals surface area contributed by atoms with Gasteiger partial charge in [0, 0.05) is 5.56 Å². The van der Waals surface area contributed by atoms with E-state index in [9.17, 15) is 14.4 Å². The van der Waals surface area contributed by atoms with Crippen LogP contribution in [0.1, 0.15) is 24.2 Å². The lowest BCUT2D eigenvalue weighted by Crippen LogP contribution is -2.45. The second kappa shape index (κ2) is 8.72. The lowest BCUT2D eigenvalue weighted by Gasteiger charge is -2.21. The van der Waals surface area contributed by atoms with Gasteiger partial charge in [0.2, 0.25) is 5.78 Å². The van der Waals surface area contributed by atoms with Gasteiger partial charge in [0.15, 0.2) is 12.1 Å². The van der Waals surface area contributed by atoms with Gasteiger partial charge in [0.05, 0.1) is 19.4 Å². The maximum Gasteiger partial charge on any atom is 0.333 e. The van der Waals surface area contributed by atoms with Crippen LogP contribution in [0.4, 0.5) is 0 Å². The van der Waals surface area contributed by atoms with Crippen molar-refractivity contribution in [3.63, 3.8) is 0 Å². The predicted octanol–water partition coefficient (Wildman–Crippen LogP) is 1.06. The highest BCUT2D eigenvalue weighted by Crippen LogP contribution is 2.17. The van der Waals surface area contributed by atoms with E-state index < -0.39 is 24.0 Å². The Morgan fingerprint density at radius 3 is 2.40 bits per heavy atom. The van der Waals surface area contributed by atoms with Gasteiger partial charge in [0.25, 0.3) is 0 Å². The van der Waals surface area contributed by atoms with Crippen LogP contribution >= 0.6 is 0 Å². The Balaban J connectivity index is 2.16. The average molecular weight is 345 g/mol. The number of carbonyl (C=O) groups excluding carboxylic acids is 3. The van der Waals surface area contributed by atoms with E-state index in [0.29, 0.717) is 5.56 Å². The molecule has 0 saturated heterocycles. The van der Waals surface area contributed by atoms with E-state index in [2.05, 4.69) is 10.1 Å². The molecule has 0 aromatic heterocycles. The minimum Gasteiger partial charge on any atom is -0.464 e. The number of benzene rings is 1. The van der Waals surface area contributed by atoms with Gasteiger partial charge < -0.3 is 9.47 Å². The molecule has 0 amide bonds. The first kappa shape index (κ1) is 18.3. The first-order valence-corrected chi connectivity index (χ1v) is 7.86. The molecule has 2 rings (SSSR count). The third-order valence-corrected chi connectivity index (χ3v) is 3.35. The van der Waals surface area contributed by atoms with E-state index >= 15 is 0 Å². The summed E-state index contributed by atoms with van der Waals surface area (Å²) in [6.45, 7) is 3.62. The first-order chi connectivity index (χ1) is 12.1. The van der Waals surface area contributed by atoms with Crippen molar-refractivity contribution in [1.29, 1.82) is 0 Å². The minimum absolute atomic E-state index is 0.144. The van der Waals surface area contributed by atoms with Crippen LogP contribution in [0.5, 0.6) is 0 Å². The van der Waals surface area contributed by atoms with Crippen molar-refractivity contribution >= 4 is 30.3 Å². The SMILES string of the molecule is CCOC(=O)[C@@H]1N=CN(/N=C/C(=O)c2ccccc2)[C@H]1C(=O)OCC. The predicted molar refractivity (Wildman–Crippen MR) is 90.4 cm³/mol. The van der Waals surface area contributed by atoms with Crippen LogP contribution in [0.25, 0.3) is 0 Å². The van der Waals surface area contributed by atoms with Crippen molar-refractivity contribution in [3.05, 3.63) is 35.9 Å². The molecule has 0 spiro atoms. The van der Waals surface area contributed by atoms with Crippen molar-refractivity contribution < 1.29 is 23.9 Å². The Morgan fingerprint density at radius 1 is 1.12 bits per heavy atom. The summed E-state index contributed by atoms with van der Waals surface area (Å²) in [4.78, 5) is 40.2. The normalized spacial score (nSPS) is 19.2. The number of nitrogens with zero attached hydrogens (tertiary/aromatic N) is 3. The lowest BCUT2D eigenvalue weighted by molar-refractivity contribution is -0.155. The number of hydrogen-bond donors (Lipinski definition) is 0. The van der Waals surface area contributed by atoms with Gasteiger partial charge in [-0.3, -0.25) is 9.79 Å². The number of rotatable bonds is 7. The smallest absolute Gasteiger partial charge is 0.333 e. The van der Waals surface area contributed by atoms with E-state index in [4.69, 9.17) is 9.47 Å². The molecule has 1 aliphatic heterocycles. The maximum atomic E-state index is 12.2. The third-order valence-electron chi connectivity index (χ3n) is 3.35. The molecule has 8 nitrogen and oxygen atoms in total. The van der Waals surface area contributed by atoms with Crippen molar-refractivity contribution in [3.8, 4) is 0 Å². The molecule has 132 valence electrons. The van der Waals surface area contributed by atoms with Crippen LogP contribution in [0.15, 0.2) is 40.4 Å². The fourth-order valence-corrected chi connectivity index (χ4v) is 2.22. The summed E-state index contributed by atoms with van der Waals surface area (Å²) in [5.74, 6) is -1.65. The largest absolute Gasteiger partial charge is 0.464 e. The van der Waals surface area contributed by atoms with Gasteiger partial charge in [-0.1, -0.05) is 30.3 Å². The first-order valence-electron chi connectivity index (χ1n) is 7.86. The van der Waals surface area contributed by atoms with Gasteiger partial charge in [-0.2, -0.15) is 5.10 Å². The van der Waals surface area contributed by atoms with E-state index in [1.807, 2.05) is 0 Å². The summed E-state index contributed by atoms with van der Waals surface area (Å²) >= 11 is 0. The number of hydrogen-bond acceptors (Lipinski definition) is 8. The number of aliphatic imine (C=N–C) groups is 1. The summed E-state index contributed by atoms with van der Waals surface area (Å²) in [7, 11) is 0. The number of hydrazone groups is 1. The number of carbonyl (C=O) groups is 3. The lowest BCUT2D eigenvalue weighted by atomic mass is 10.1. The molecule has 0 aliphatic carbocycles. The molecule has 1 aromatic rings. The van der Waals surface area contributed by atoms with Crippen LogP contribution < -0.4 is 0 Å². The van der Waals surface area contributed by atoms with E-state index in [1.165, 1.54) is 6.34 Å². The van der Waals surface area contributed by atoms with Gasteiger partial charge in [-0.25, -0.2) is 14.6 Å². The third kappa shape index (κ3) is 4.50. The van der Waals surface area contributed by atoms with Crippen LogP contribution in [0, 0.1) is 0 Å². The quantitative estimate of drug-likeness (QED) is 0.416. The van der Waals surface area contributed by atoms with E-state index in [1.54, 1.807) is 44.2 Å². The van der Waals surface area contributed by atoms with Gasteiger partial charge in [0.1, 0.15) is 6.34 Å². The molecule has 1 aliphatic rings. The highest BCUT2D eigenvalue weighted by atomic mass is 16.5. The van der Waals surface area contributed by atoms with Crippen LogP contribution in [-0.4, -0.2) is 60.6 Å². The summed E-state index contributed by atoms with van der Waals surface area (Å²) < 4.78 is 9.90. The summed E-state index contributed by atoms with van der Waals surface area (Å²) in [5, 5.41) is 5.12. The minimum atomic E-state index is -1.10. The number of ether oxygens (including phenoxy) is 2. The second-order valence-electron chi connectivity index (χ2n) is 5.01. The number of ketones is 1. The second-order valence-corrected chi connectivity index (χ2v) is 5.01. The Kier molecular flexibility index (Phi) is 6.39. The fourth-order valence-electron chi connectivity index (χ4n) is 2.22. The zero-order chi connectivity index (χ0) is 18.2. The summed E-state index contributed by atoms with van der Waals surface area (Å²) in [6.07, 6.45) is 2.29. The molecule has 0 fully saturated rings. The molecule has 25 heavy (non-hydrogen) atoms. The average Bonchev–Trinajstić information content (AvgIpc) is 3.05. The Morgan fingerprint density at radius 2 is 1.76 bits per heavy atom. The Hall–Kier alpha value is -3.03. The molecule has 8 heteroatoms. The maximum absolute atomic E-state index is 12.2. The van der Waals surface area contributed by atoms with E-state index in [-0.39, 0.29) is 19.0 Å². The van der Waals surface area contributed by atoms with Crippen molar-refractivity contribution in [1.82, 2.24) is 5.01 Å². The van der Waals surface area contributed by atoms with Crippen molar-refractivity contribution in [2.24, 2.45) is 10.1 Å². The van der Waals surface area contributed by atoms with Crippen molar-refractivity contribution in [2.45, 2.75) is 25.9 Å². The highest BCUT2D eigenvalue weighted by Gasteiger charge is 2.43. The standard InChI is InChI=1S/C17H19N3O5/c1-3-24-16(22)14-15(17(23)25-4-2)20(11-18-14)19-10-13(21)12-8-6-5-7-9-12/h5-11,14-15H,3-4H2,1-2H3/b19-10+/t14-,15-/m1/s1. The number of esters is 2. The van der Waals surface area contributed by atoms with Crippen LogP contribution in [0.3, 0.4) is 0 Å². The molecule has 0 bridgehead atoms. The molecule has 0 saturated carbocycles. The fraction of sp³-hybridized carbons (Fsp3) is 0.353. The van der Waals surface area contributed by atoms with Crippen LogP contribution in [0.2, 0.25) is 0 Å². The van der Waals surface area contributed by atoms with Gasteiger partial charge >= 0.3 is 11.9 Å². The molecular weight excluding hydrogens is 326 g/mol. The zero-order valence-corrected chi connectivity index (χ0v) is 14.0. The molecular formula is C17H19N3O5. The summed E-state index contributed by atoms with van der Waals surface area (Å²) in [5.41, 5.74) is 0.456. The van der Waals surface area contributed by atoms with Gasteiger partial charge in [-0.05, 0) is 13.8 Å². The van der Waals surface area contributed by atoms with Crippen molar-refractivity contribution in [2.75, 3.05) is 13.2 Å². The summed E-state index contributed by atoms with van der Waals surface area (Å²) in [6, 6.07) is 6.38. The zero-order valence-electron chi connectivity index (χ0n) is 14.0. The monoisotopic (exact) mass is 345 g/mol. The molecule has 0 unspecified atom stereocenters. The molecule has 0 N–H and O–H groups in total.